The van der Waals surface area contributed by atoms with Gasteiger partial charge in [-0.1, -0.05) is 13.0 Å². The standard InChI is InChI=1S/C14H19ClN2OS/c1-4-19(18)8-7-17-13-6-5-10(2)9-12(13)16-14(17)11(3)15/h5-6,9,11H,4,7-8H2,1-3H3. The number of hydrogen-bond donors (Lipinski definition) is 0. The monoisotopic (exact) mass is 298 g/mol. The molecule has 2 rings (SSSR count). The lowest BCUT2D eigenvalue weighted by atomic mass is 10.2. The highest BCUT2D eigenvalue weighted by Crippen LogP contribution is 2.25. The van der Waals surface area contributed by atoms with Gasteiger partial charge in [-0.15, -0.1) is 11.6 Å². The lowest BCUT2D eigenvalue weighted by molar-refractivity contribution is 0.669. The number of rotatable bonds is 5. The Morgan fingerprint density at radius 2 is 2.21 bits per heavy atom. The van der Waals surface area contributed by atoms with E-state index < -0.39 is 10.8 Å². The van der Waals surface area contributed by atoms with Crippen LogP contribution in [-0.4, -0.2) is 25.3 Å². The van der Waals surface area contributed by atoms with Gasteiger partial charge in [0.05, 0.1) is 16.4 Å². The second-order valence-electron chi connectivity index (χ2n) is 4.66. The van der Waals surface area contributed by atoms with Crippen LogP contribution in [0, 0.1) is 6.92 Å². The van der Waals surface area contributed by atoms with Crippen molar-refractivity contribution in [3.63, 3.8) is 0 Å². The first-order valence-electron chi connectivity index (χ1n) is 6.48. The van der Waals surface area contributed by atoms with Gasteiger partial charge in [0.25, 0.3) is 0 Å². The van der Waals surface area contributed by atoms with Crippen molar-refractivity contribution in [2.24, 2.45) is 0 Å². The number of halogens is 1. The molecule has 0 bridgehead atoms. The summed E-state index contributed by atoms with van der Waals surface area (Å²) in [6.45, 7) is 6.61. The number of benzene rings is 1. The lowest BCUT2D eigenvalue weighted by Gasteiger charge is -2.10. The Labute approximate surface area is 121 Å². The number of aryl methyl sites for hydroxylation is 2. The molecule has 0 saturated carbocycles. The lowest BCUT2D eigenvalue weighted by Crippen LogP contribution is -2.12. The zero-order chi connectivity index (χ0) is 14.0. The first-order chi connectivity index (χ1) is 9.02. The molecule has 0 saturated heterocycles. The average molecular weight is 299 g/mol. The van der Waals surface area contributed by atoms with Crippen molar-refractivity contribution >= 4 is 33.4 Å². The third-order valence-electron chi connectivity index (χ3n) is 3.15. The summed E-state index contributed by atoms with van der Waals surface area (Å²) in [5.74, 6) is 2.19. The molecule has 2 unspecified atom stereocenters. The predicted octanol–water partition coefficient (Wildman–Crippen LogP) is 3.41. The van der Waals surface area contributed by atoms with Crippen molar-refractivity contribution in [1.29, 1.82) is 0 Å². The SMILES string of the molecule is CCS(=O)CCn1c(C(C)Cl)nc2cc(C)ccc21. The van der Waals surface area contributed by atoms with Gasteiger partial charge in [0.1, 0.15) is 5.82 Å². The molecule has 0 spiro atoms. The number of imidazole rings is 1. The highest BCUT2D eigenvalue weighted by atomic mass is 35.5. The molecule has 0 N–H and O–H groups in total. The van der Waals surface area contributed by atoms with Gasteiger partial charge in [-0.25, -0.2) is 4.98 Å². The fraction of sp³-hybridized carbons (Fsp3) is 0.500. The molecule has 0 aliphatic carbocycles. The summed E-state index contributed by atoms with van der Waals surface area (Å²) in [6.07, 6.45) is 0. The molecule has 19 heavy (non-hydrogen) atoms. The van der Waals surface area contributed by atoms with Crippen molar-refractivity contribution in [3.8, 4) is 0 Å². The van der Waals surface area contributed by atoms with E-state index >= 15 is 0 Å². The molecule has 3 nitrogen and oxygen atoms in total. The molecule has 0 fully saturated rings. The van der Waals surface area contributed by atoms with Gasteiger partial charge in [0, 0.05) is 28.9 Å². The average Bonchev–Trinajstić information content (AvgIpc) is 2.73. The largest absolute Gasteiger partial charge is 0.326 e. The van der Waals surface area contributed by atoms with E-state index in [4.69, 9.17) is 11.6 Å². The van der Waals surface area contributed by atoms with Crippen molar-refractivity contribution in [2.75, 3.05) is 11.5 Å². The normalized spacial score (nSPS) is 14.7. The van der Waals surface area contributed by atoms with E-state index in [0.717, 1.165) is 16.9 Å². The van der Waals surface area contributed by atoms with Gasteiger partial charge in [0.2, 0.25) is 0 Å². The van der Waals surface area contributed by atoms with Crippen LogP contribution in [0.5, 0.6) is 0 Å². The molecule has 0 amide bonds. The molecule has 1 heterocycles. The van der Waals surface area contributed by atoms with E-state index in [-0.39, 0.29) is 5.38 Å². The first kappa shape index (κ1) is 14.5. The molecule has 5 heteroatoms. The maximum Gasteiger partial charge on any atom is 0.127 e. The topological polar surface area (TPSA) is 34.9 Å². The van der Waals surface area contributed by atoms with Crippen molar-refractivity contribution in [3.05, 3.63) is 29.6 Å². The Kier molecular flexibility index (Phi) is 4.63. The molecule has 0 aliphatic heterocycles. The summed E-state index contributed by atoms with van der Waals surface area (Å²) >= 11 is 6.21. The summed E-state index contributed by atoms with van der Waals surface area (Å²) < 4.78 is 13.7. The maximum atomic E-state index is 11.6. The minimum absolute atomic E-state index is 0.150. The van der Waals surface area contributed by atoms with Gasteiger partial charge >= 0.3 is 0 Å². The third kappa shape index (κ3) is 3.18. The summed E-state index contributed by atoms with van der Waals surface area (Å²) in [5.41, 5.74) is 3.22. The van der Waals surface area contributed by atoms with Crippen LogP contribution in [0.2, 0.25) is 0 Å². The highest BCUT2D eigenvalue weighted by Gasteiger charge is 2.15. The predicted molar refractivity (Wildman–Crippen MR) is 82.3 cm³/mol. The summed E-state index contributed by atoms with van der Waals surface area (Å²) in [7, 11) is -0.772. The van der Waals surface area contributed by atoms with Gasteiger partial charge in [-0.3, -0.25) is 4.21 Å². The van der Waals surface area contributed by atoms with Crippen LogP contribution in [0.15, 0.2) is 18.2 Å². The molecule has 104 valence electrons. The molecule has 1 aromatic carbocycles. The van der Waals surface area contributed by atoms with E-state index in [1.165, 1.54) is 5.56 Å². The Morgan fingerprint density at radius 3 is 2.84 bits per heavy atom. The van der Waals surface area contributed by atoms with Crippen LogP contribution in [0.4, 0.5) is 0 Å². The zero-order valence-corrected chi connectivity index (χ0v) is 13.1. The van der Waals surface area contributed by atoms with E-state index in [9.17, 15) is 4.21 Å². The van der Waals surface area contributed by atoms with Crippen LogP contribution in [0.3, 0.4) is 0 Å². The minimum atomic E-state index is -0.772. The molecule has 2 aromatic rings. The van der Waals surface area contributed by atoms with Gasteiger partial charge < -0.3 is 4.57 Å². The summed E-state index contributed by atoms with van der Waals surface area (Å²) in [6, 6.07) is 6.20. The molecular formula is C14H19ClN2OS. The molecule has 2 atom stereocenters. The zero-order valence-electron chi connectivity index (χ0n) is 11.5. The Hall–Kier alpha value is -0.870. The van der Waals surface area contributed by atoms with E-state index in [0.29, 0.717) is 18.1 Å². The molecular weight excluding hydrogens is 280 g/mol. The second kappa shape index (κ2) is 6.06. The third-order valence-corrected chi connectivity index (χ3v) is 4.63. The van der Waals surface area contributed by atoms with Gasteiger partial charge in [0.15, 0.2) is 0 Å². The Balaban J connectivity index is 2.43. The number of hydrogen-bond acceptors (Lipinski definition) is 2. The highest BCUT2D eigenvalue weighted by molar-refractivity contribution is 7.84. The summed E-state index contributed by atoms with van der Waals surface area (Å²) in [5, 5.41) is -0.150. The van der Waals surface area contributed by atoms with Crippen LogP contribution in [0.1, 0.15) is 30.6 Å². The van der Waals surface area contributed by atoms with Gasteiger partial charge in [-0.2, -0.15) is 0 Å². The van der Waals surface area contributed by atoms with Crippen molar-refractivity contribution < 1.29 is 4.21 Å². The fourth-order valence-electron chi connectivity index (χ4n) is 2.13. The molecule has 0 radical (unpaired) electrons. The molecule has 1 aromatic heterocycles. The molecule has 0 aliphatic rings. The fourth-order valence-corrected chi connectivity index (χ4v) is 2.98. The van der Waals surface area contributed by atoms with E-state index in [2.05, 4.69) is 27.8 Å². The number of nitrogens with zero attached hydrogens (tertiary/aromatic N) is 2. The smallest absolute Gasteiger partial charge is 0.127 e. The second-order valence-corrected chi connectivity index (χ2v) is 7.18. The number of alkyl halides is 1. The maximum absolute atomic E-state index is 11.6. The summed E-state index contributed by atoms with van der Waals surface area (Å²) in [4.78, 5) is 4.61. The van der Waals surface area contributed by atoms with Crippen LogP contribution < -0.4 is 0 Å². The Morgan fingerprint density at radius 1 is 1.47 bits per heavy atom. The quantitative estimate of drug-likeness (QED) is 0.793. The van der Waals surface area contributed by atoms with Crippen molar-refractivity contribution in [1.82, 2.24) is 9.55 Å². The van der Waals surface area contributed by atoms with E-state index in [1.54, 1.807) is 0 Å². The number of aromatic nitrogens is 2. The first-order valence-corrected chi connectivity index (χ1v) is 8.41. The van der Waals surface area contributed by atoms with Crippen LogP contribution in [-0.2, 0) is 17.3 Å². The van der Waals surface area contributed by atoms with Crippen LogP contribution >= 0.6 is 11.6 Å². The van der Waals surface area contributed by atoms with Gasteiger partial charge in [-0.05, 0) is 31.5 Å². The van der Waals surface area contributed by atoms with Crippen LogP contribution in [0.25, 0.3) is 11.0 Å². The Bertz CT molecular complexity index is 607. The van der Waals surface area contributed by atoms with Crippen molar-refractivity contribution in [2.45, 2.75) is 32.7 Å². The minimum Gasteiger partial charge on any atom is -0.326 e. The number of fused-ring (bicyclic) bond motifs is 1. The van der Waals surface area contributed by atoms with E-state index in [1.807, 2.05) is 20.8 Å².